The van der Waals surface area contributed by atoms with Gasteiger partial charge in [0.15, 0.2) is 0 Å². The smallest absolute Gasteiger partial charge is 0.248 e. The third-order valence-corrected chi connectivity index (χ3v) is 3.60. The Balaban J connectivity index is 2.68. The number of hydrogen-bond acceptors (Lipinski definition) is 4. The third-order valence-electron chi connectivity index (χ3n) is 2.67. The van der Waals surface area contributed by atoms with Gasteiger partial charge in [0.05, 0.1) is 6.26 Å². The summed E-state index contributed by atoms with van der Waals surface area (Å²) in [5.41, 5.74) is 4.94. The molecular weight excluding hydrogens is 297 g/mol. The second-order valence-electron chi connectivity index (χ2n) is 5.53. The molecule has 0 heterocycles. The number of halogens is 1. The number of rotatable bonds is 7. The first-order valence-electron chi connectivity index (χ1n) is 6.28. The molecule has 0 spiro atoms. The van der Waals surface area contributed by atoms with Crippen LogP contribution in [0.15, 0.2) is 18.2 Å². The van der Waals surface area contributed by atoms with Crippen LogP contribution in [0, 0.1) is 5.82 Å². The summed E-state index contributed by atoms with van der Waals surface area (Å²) in [7, 11) is -3.33. The van der Waals surface area contributed by atoms with E-state index in [9.17, 15) is 17.6 Å². The van der Waals surface area contributed by atoms with Crippen molar-refractivity contribution in [3.63, 3.8) is 0 Å². The summed E-state index contributed by atoms with van der Waals surface area (Å²) in [5, 5.41) is 2.95. The van der Waals surface area contributed by atoms with Gasteiger partial charge in [0, 0.05) is 29.8 Å². The number of nitrogens with two attached hydrogens (primary N) is 1. The van der Waals surface area contributed by atoms with Gasteiger partial charge in [0.2, 0.25) is 15.9 Å². The molecule has 0 aliphatic rings. The highest BCUT2D eigenvalue weighted by Gasteiger charge is 2.21. The van der Waals surface area contributed by atoms with Crippen molar-refractivity contribution in [2.75, 3.05) is 12.8 Å². The van der Waals surface area contributed by atoms with Gasteiger partial charge in [-0.2, -0.15) is 0 Å². The topological polar surface area (TPSA) is 101 Å². The fourth-order valence-corrected chi connectivity index (χ4v) is 2.99. The Hall–Kier alpha value is -1.51. The molecule has 0 saturated heterocycles. The van der Waals surface area contributed by atoms with Crippen molar-refractivity contribution in [3.05, 3.63) is 35.1 Å². The molecular formula is C13H20FN3O3S. The quantitative estimate of drug-likeness (QED) is 0.675. The molecule has 8 heteroatoms. The van der Waals surface area contributed by atoms with Gasteiger partial charge in [0.25, 0.3) is 0 Å². The van der Waals surface area contributed by atoms with Gasteiger partial charge in [-0.15, -0.1) is 0 Å². The van der Waals surface area contributed by atoms with E-state index in [1.54, 1.807) is 13.8 Å². The molecule has 0 aliphatic heterocycles. The van der Waals surface area contributed by atoms with Gasteiger partial charge in [-0.25, -0.2) is 17.5 Å². The van der Waals surface area contributed by atoms with E-state index in [1.165, 1.54) is 18.2 Å². The molecule has 0 aromatic heterocycles. The molecule has 6 nitrogen and oxygen atoms in total. The van der Waals surface area contributed by atoms with Crippen LogP contribution in [0.5, 0.6) is 0 Å². The minimum Gasteiger partial charge on any atom is -0.366 e. The Bertz CT molecular complexity index is 630. The number of sulfonamides is 1. The van der Waals surface area contributed by atoms with Crippen molar-refractivity contribution < 1.29 is 17.6 Å². The Morgan fingerprint density at radius 1 is 1.38 bits per heavy atom. The van der Waals surface area contributed by atoms with Crippen LogP contribution < -0.4 is 15.8 Å². The van der Waals surface area contributed by atoms with E-state index in [1.807, 2.05) is 0 Å². The summed E-state index contributed by atoms with van der Waals surface area (Å²) in [5.74, 6) is -1.09. The lowest BCUT2D eigenvalue weighted by Crippen LogP contribution is -2.49. The van der Waals surface area contributed by atoms with Gasteiger partial charge in [-0.3, -0.25) is 4.79 Å². The Morgan fingerprint density at radius 2 is 2.00 bits per heavy atom. The number of amides is 1. The van der Waals surface area contributed by atoms with Crippen molar-refractivity contribution in [1.82, 2.24) is 10.0 Å². The van der Waals surface area contributed by atoms with Crippen LogP contribution in [0.4, 0.5) is 4.39 Å². The molecule has 4 N–H and O–H groups in total. The summed E-state index contributed by atoms with van der Waals surface area (Å²) < 4.78 is 38.5. The van der Waals surface area contributed by atoms with Gasteiger partial charge >= 0.3 is 0 Å². The molecule has 0 bridgehead atoms. The lowest BCUT2D eigenvalue weighted by Gasteiger charge is -2.25. The Kier molecular flexibility index (Phi) is 5.43. The van der Waals surface area contributed by atoms with E-state index in [0.29, 0.717) is 12.1 Å². The van der Waals surface area contributed by atoms with Crippen molar-refractivity contribution in [2.24, 2.45) is 5.73 Å². The number of primary amides is 1. The SMILES string of the molecule is CC(C)(CNCc1cc(C(N)=O)ccc1F)NS(C)(=O)=O. The predicted octanol–water partition coefficient (Wildman–Crippen LogP) is 0.342. The van der Waals surface area contributed by atoms with Crippen LogP contribution in [0.2, 0.25) is 0 Å². The molecule has 0 unspecified atom stereocenters. The van der Waals surface area contributed by atoms with Crippen molar-refractivity contribution >= 4 is 15.9 Å². The van der Waals surface area contributed by atoms with Crippen LogP contribution in [0.3, 0.4) is 0 Å². The standard InChI is InChI=1S/C13H20FN3O3S/c1-13(2,17-21(3,19)20)8-16-7-10-6-9(12(15)18)4-5-11(10)14/h4-6,16-17H,7-8H2,1-3H3,(H2,15,18). The van der Waals surface area contributed by atoms with Gasteiger partial charge in [0.1, 0.15) is 5.82 Å². The zero-order chi connectivity index (χ0) is 16.3. The normalized spacial score (nSPS) is 12.4. The highest BCUT2D eigenvalue weighted by atomic mass is 32.2. The minimum absolute atomic E-state index is 0.155. The average Bonchev–Trinajstić information content (AvgIpc) is 2.27. The summed E-state index contributed by atoms with van der Waals surface area (Å²) in [6.45, 7) is 3.86. The molecule has 118 valence electrons. The molecule has 0 aliphatic carbocycles. The fraction of sp³-hybridized carbons (Fsp3) is 0.462. The van der Waals surface area contributed by atoms with E-state index in [-0.39, 0.29) is 12.1 Å². The summed E-state index contributed by atoms with van der Waals surface area (Å²) in [6, 6.07) is 3.87. The van der Waals surface area contributed by atoms with Gasteiger partial charge in [-0.1, -0.05) is 0 Å². The number of nitrogens with one attached hydrogen (secondary N) is 2. The highest BCUT2D eigenvalue weighted by molar-refractivity contribution is 7.88. The van der Waals surface area contributed by atoms with Crippen LogP contribution in [-0.4, -0.2) is 32.7 Å². The number of benzene rings is 1. The summed E-state index contributed by atoms with van der Waals surface area (Å²) >= 11 is 0. The first kappa shape index (κ1) is 17.5. The molecule has 1 amide bonds. The number of carbonyl (C=O) groups excluding carboxylic acids is 1. The first-order valence-corrected chi connectivity index (χ1v) is 8.17. The molecule has 0 radical (unpaired) electrons. The van der Waals surface area contributed by atoms with Gasteiger partial charge < -0.3 is 11.1 Å². The first-order chi connectivity index (χ1) is 9.50. The van der Waals surface area contributed by atoms with Crippen molar-refractivity contribution in [3.8, 4) is 0 Å². The monoisotopic (exact) mass is 317 g/mol. The lowest BCUT2D eigenvalue weighted by atomic mass is 10.1. The fourth-order valence-electron chi connectivity index (χ4n) is 1.91. The summed E-state index contributed by atoms with van der Waals surface area (Å²) in [4.78, 5) is 11.1. The van der Waals surface area contributed by atoms with Crippen LogP contribution in [0.1, 0.15) is 29.8 Å². The molecule has 0 saturated carbocycles. The maximum absolute atomic E-state index is 13.6. The van der Waals surface area contributed by atoms with E-state index in [4.69, 9.17) is 5.73 Å². The molecule has 1 rings (SSSR count). The maximum Gasteiger partial charge on any atom is 0.248 e. The minimum atomic E-state index is -3.33. The third kappa shape index (κ3) is 6.19. The summed E-state index contributed by atoms with van der Waals surface area (Å²) in [6.07, 6.45) is 1.07. The second kappa shape index (κ2) is 6.50. The average molecular weight is 317 g/mol. The predicted molar refractivity (Wildman–Crippen MR) is 78.7 cm³/mol. The second-order valence-corrected chi connectivity index (χ2v) is 7.28. The van der Waals surface area contributed by atoms with Gasteiger partial charge in [-0.05, 0) is 32.0 Å². The van der Waals surface area contributed by atoms with Crippen LogP contribution in [0.25, 0.3) is 0 Å². The Labute approximate surface area is 124 Å². The zero-order valence-electron chi connectivity index (χ0n) is 12.2. The molecule has 0 atom stereocenters. The van der Waals surface area contributed by atoms with Crippen LogP contribution >= 0.6 is 0 Å². The van der Waals surface area contributed by atoms with Crippen molar-refractivity contribution in [2.45, 2.75) is 25.9 Å². The molecule has 0 fully saturated rings. The van der Waals surface area contributed by atoms with E-state index < -0.39 is 27.3 Å². The molecule has 1 aromatic carbocycles. The van der Waals surface area contributed by atoms with Crippen molar-refractivity contribution in [1.29, 1.82) is 0 Å². The van der Waals surface area contributed by atoms with E-state index in [0.717, 1.165) is 6.26 Å². The number of hydrogen-bond donors (Lipinski definition) is 3. The highest BCUT2D eigenvalue weighted by Crippen LogP contribution is 2.11. The Morgan fingerprint density at radius 3 is 2.52 bits per heavy atom. The number of carbonyl (C=O) groups is 1. The zero-order valence-corrected chi connectivity index (χ0v) is 13.1. The maximum atomic E-state index is 13.6. The van der Waals surface area contributed by atoms with E-state index >= 15 is 0 Å². The molecule has 1 aromatic rings. The van der Waals surface area contributed by atoms with E-state index in [2.05, 4.69) is 10.0 Å². The van der Waals surface area contributed by atoms with Crippen LogP contribution in [-0.2, 0) is 16.6 Å². The lowest BCUT2D eigenvalue weighted by molar-refractivity contribution is 0.1000. The molecule has 21 heavy (non-hydrogen) atoms. The largest absolute Gasteiger partial charge is 0.366 e.